The van der Waals surface area contributed by atoms with Gasteiger partial charge in [0, 0.05) is 68.7 Å². The van der Waals surface area contributed by atoms with Crippen LogP contribution in [0, 0.1) is 5.92 Å². The molecule has 2 aromatic rings. The Morgan fingerprint density at radius 3 is 2.48 bits per heavy atom. The van der Waals surface area contributed by atoms with Crippen LogP contribution < -0.4 is 5.32 Å². The normalized spacial score (nSPS) is 17.0. The summed E-state index contributed by atoms with van der Waals surface area (Å²) in [6.45, 7) is 2.81. The Labute approximate surface area is 182 Å². The van der Waals surface area contributed by atoms with Gasteiger partial charge in [-0.3, -0.25) is 14.4 Å². The van der Waals surface area contributed by atoms with Gasteiger partial charge in [-0.25, -0.2) is 4.98 Å². The zero-order valence-corrected chi connectivity index (χ0v) is 17.7. The Bertz CT molecular complexity index is 913. The second-order valence-corrected chi connectivity index (χ2v) is 8.28. The molecular formula is C23H29N5O3. The quantitative estimate of drug-likeness (QED) is 0.773. The van der Waals surface area contributed by atoms with Crippen LogP contribution in [-0.2, 0) is 16.1 Å². The van der Waals surface area contributed by atoms with Gasteiger partial charge in [0.15, 0.2) is 0 Å². The largest absolute Gasteiger partial charge is 0.339 e. The number of rotatable bonds is 6. The van der Waals surface area contributed by atoms with Crippen molar-refractivity contribution in [3.05, 3.63) is 48.5 Å². The van der Waals surface area contributed by atoms with Crippen LogP contribution in [0.1, 0.15) is 42.5 Å². The molecule has 1 N–H and O–H groups in total. The molecule has 2 fully saturated rings. The summed E-state index contributed by atoms with van der Waals surface area (Å²) in [7, 11) is 0. The molecule has 0 radical (unpaired) electrons. The van der Waals surface area contributed by atoms with Gasteiger partial charge in [0.05, 0.1) is 6.33 Å². The molecule has 1 aromatic carbocycles. The second kappa shape index (κ2) is 9.76. The van der Waals surface area contributed by atoms with Gasteiger partial charge in [-0.1, -0.05) is 18.9 Å². The molecule has 0 spiro atoms. The van der Waals surface area contributed by atoms with E-state index in [0.29, 0.717) is 50.4 Å². The Morgan fingerprint density at radius 2 is 1.77 bits per heavy atom. The molecule has 0 unspecified atom stereocenters. The molecular weight excluding hydrogens is 394 g/mol. The average molecular weight is 424 g/mol. The first-order chi connectivity index (χ1) is 15.1. The van der Waals surface area contributed by atoms with Crippen molar-refractivity contribution in [2.75, 3.05) is 31.5 Å². The van der Waals surface area contributed by atoms with E-state index < -0.39 is 0 Å². The molecule has 164 valence electrons. The highest BCUT2D eigenvalue weighted by Crippen LogP contribution is 2.27. The fourth-order valence-electron chi connectivity index (χ4n) is 4.35. The number of benzene rings is 1. The number of aryl methyl sites for hydroxylation is 1. The second-order valence-electron chi connectivity index (χ2n) is 8.28. The molecule has 1 saturated heterocycles. The van der Waals surface area contributed by atoms with Crippen molar-refractivity contribution < 1.29 is 14.4 Å². The maximum Gasteiger partial charge on any atom is 0.254 e. The van der Waals surface area contributed by atoms with E-state index in [4.69, 9.17) is 0 Å². The van der Waals surface area contributed by atoms with Gasteiger partial charge < -0.3 is 19.7 Å². The van der Waals surface area contributed by atoms with E-state index in [2.05, 4.69) is 10.3 Å². The van der Waals surface area contributed by atoms with Crippen LogP contribution in [0.4, 0.5) is 5.69 Å². The van der Waals surface area contributed by atoms with E-state index in [9.17, 15) is 14.4 Å². The molecule has 31 heavy (non-hydrogen) atoms. The fourth-order valence-corrected chi connectivity index (χ4v) is 4.35. The molecule has 8 heteroatoms. The number of imidazole rings is 1. The van der Waals surface area contributed by atoms with Gasteiger partial charge >= 0.3 is 0 Å². The van der Waals surface area contributed by atoms with Crippen molar-refractivity contribution in [3.63, 3.8) is 0 Å². The van der Waals surface area contributed by atoms with Crippen molar-refractivity contribution in [1.29, 1.82) is 0 Å². The molecule has 1 aliphatic carbocycles. The van der Waals surface area contributed by atoms with E-state index in [1.807, 2.05) is 15.7 Å². The Hall–Kier alpha value is -3.16. The standard InChI is InChI=1S/C23H29N5O3/c29-21(8-10-26-11-9-24-17-26)25-20-7-3-6-19(16-20)23(31)28-14-12-27(13-15-28)22(30)18-4-1-2-5-18/h3,6-7,9,11,16-18H,1-2,4-5,8,10,12-15H2,(H,25,29). The summed E-state index contributed by atoms with van der Waals surface area (Å²) >= 11 is 0. The number of carbonyl (C=O) groups excluding carboxylic acids is 3. The van der Waals surface area contributed by atoms with Gasteiger partial charge in [-0.05, 0) is 31.0 Å². The van der Waals surface area contributed by atoms with Gasteiger partial charge in [0.2, 0.25) is 11.8 Å². The number of amides is 3. The highest BCUT2D eigenvalue weighted by Gasteiger charge is 2.30. The highest BCUT2D eigenvalue weighted by molar-refractivity contribution is 5.97. The predicted octanol–water partition coefficient (Wildman–Crippen LogP) is 2.39. The van der Waals surface area contributed by atoms with Gasteiger partial charge in [-0.15, -0.1) is 0 Å². The van der Waals surface area contributed by atoms with Crippen molar-refractivity contribution in [1.82, 2.24) is 19.4 Å². The van der Waals surface area contributed by atoms with Crippen LogP contribution in [0.25, 0.3) is 0 Å². The number of piperazine rings is 1. The van der Waals surface area contributed by atoms with E-state index in [1.54, 1.807) is 41.7 Å². The topological polar surface area (TPSA) is 87.5 Å². The summed E-state index contributed by atoms with van der Waals surface area (Å²) in [4.78, 5) is 45.4. The van der Waals surface area contributed by atoms with E-state index in [1.165, 1.54) is 0 Å². The van der Waals surface area contributed by atoms with E-state index in [0.717, 1.165) is 25.7 Å². The van der Waals surface area contributed by atoms with E-state index >= 15 is 0 Å². The maximum absolute atomic E-state index is 13.0. The minimum absolute atomic E-state index is 0.0671. The first-order valence-electron chi connectivity index (χ1n) is 11.0. The molecule has 3 amide bonds. The number of anilines is 1. The number of hydrogen-bond acceptors (Lipinski definition) is 4. The van der Waals surface area contributed by atoms with Crippen LogP contribution >= 0.6 is 0 Å². The van der Waals surface area contributed by atoms with Gasteiger partial charge in [0.25, 0.3) is 5.91 Å². The summed E-state index contributed by atoms with van der Waals surface area (Å²) in [5, 5.41) is 2.86. The lowest BCUT2D eigenvalue weighted by molar-refractivity contribution is -0.136. The Balaban J connectivity index is 1.29. The monoisotopic (exact) mass is 423 g/mol. The van der Waals surface area contributed by atoms with Crippen LogP contribution in [0.5, 0.6) is 0 Å². The van der Waals surface area contributed by atoms with Crippen LogP contribution in [0.3, 0.4) is 0 Å². The summed E-state index contributed by atoms with van der Waals surface area (Å²) in [5.74, 6) is 0.251. The van der Waals surface area contributed by atoms with Crippen molar-refractivity contribution >= 4 is 23.4 Å². The molecule has 2 aliphatic rings. The number of carbonyl (C=O) groups is 3. The smallest absolute Gasteiger partial charge is 0.254 e. The predicted molar refractivity (Wildman–Crippen MR) is 116 cm³/mol. The number of aromatic nitrogens is 2. The lowest BCUT2D eigenvalue weighted by atomic mass is 10.1. The fraction of sp³-hybridized carbons (Fsp3) is 0.478. The van der Waals surface area contributed by atoms with Crippen molar-refractivity contribution in [3.8, 4) is 0 Å². The molecule has 8 nitrogen and oxygen atoms in total. The van der Waals surface area contributed by atoms with Crippen molar-refractivity contribution in [2.24, 2.45) is 5.92 Å². The minimum atomic E-state index is -0.114. The average Bonchev–Trinajstić information content (AvgIpc) is 3.51. The third kappa shape index (κ3) is 5.31. The van der Waals surface area contributed by atoms with Crippen LogP contribution in [0.2, 0.25) is 0 Å². The van der Waals surface area contributed by atoms with E-state index in [-0.39, 0.29) is 23.6 Å². The summed E-state index contributed by atoms with van der Waals surface area (Å²) in [6, 6.07) is 7.04. The molecule has 1 saturated carbocycles. The lowest BCUT2D eigenvalue weighted by Crippen LogP contribution is -2.51. The summed E-state index contributed by atoms with van der Waals surface area (Å²) in [6.07, 6.45) is 9.78. The Morgan fingerprint density at radius 1 is 1.03 bits per heavy atom. The third-order valence-electron chi connectivity index (χ3n) is 6.13. The summed E-state index contributed by atoms with van der Waals surface area (Å²) < 4.78 is 1.84. The van der Waals surface area contributed by atoms with Gasteiger partial charge in [-0.2, -0.15) is 0 Å². The zero-order valence-electron chi connectivity index (χ0n) is 17.7. The number of nitrogens with zero attached hydrogens (tertiary/aromatic N) is 4. The number of nitrogens with one attached hydrogen (secondary N) is 1. The maximum atomic E-state index is 13.0. The summed E-state index contributed by atoms with van der Waals surface area (Å²) in [5.41, 5.74) is 1.15. The highest BCUT2D eigenvalue weighted by atomic mass is 16.2. The molecule has 0 bridgehead atoms. The molecule has 2 heterocycles. The number of hydrogen-bond donors (Lipinski definition) is 1. The first-order valence-corrected chi connectivity index (χ1v) is 11.0. The lowest BCUT2D eigenvalue weighted by Gasteiger charge is -2.36. The third-order valence-corrected chi connectivity index (χ3v) is 6.13. The van der Waals surface area contributed by atoms with Crippen LogP contribution in [-0.4, -0.2) is 63.3 Å². The van der Waals surface area contributed by atoms with Gasteiger partial charge in [0.1, 0.15) is 0 Å². The first kappa shape index (κ1) is 21.1. The van der Waals surface area contributed by atoms with Crippen LogP contribution in [0.15, 0.2) is 43.0 Å². The molecule has 4 rings (SSSR count). The molecule has 1 aliphatic heterocycles. The molecule has 0 atom stereocenters. The van der Waals surface area contributed by atoms with Crippen molar-refractivity contribution in [2.45, 2.75) is 38.6 Å². The Kier molecular flexibility index (Phi) is 6.64. The minimum Gasteiger partial charge on any atom is -0.339 e. The SMILES string of the molecule is O=C(CCn1ccnc1)Nc1cccc(C(=O)N2CCN(C(=O)C3CCCC3)CC2)c1. The molecule has 1 aromatic heterocycles. The zero-order chi connectivity index (χ0) is 21.6.